The number of ether oxygens (including phenoxy) is 2. The molecular formula is C20H29BO5. The second-order valence-corrected chi connectivity index (χ2v) is 8.05. The van der Waals surface area contributed by atoms with E-state index >= 15 is 0 Å². The van der Waals surface area contributed by atoms with Crippen molar-refractivity contribution in [1.82, 2.24) is 0 Å². The molecule has 0 aromatic heterocycles. The second-order valence-electron chi connectivity index (χ2n) is 8.05. The second kappa shape index (κ2) is 7.33. The van der Waals surface area contributed by atoms with Gasteiger partial charge in [-0.25, -0.2) is 0 Å². The molecule has 2 aliphatic rings. The highest BCUT2D eigenvalue weighted by molar-refractivity contribution is 6.62. The first-order valence-electron chi connectivity index (χ1n) is 9.49. The summed E-state index contributed by atoms with van der Waals surface area (Å²) in [5, 5.41) is 0. The van der Waals surface area contributed by atoms with Gasteiger partial charge in [-0.05, 0) is 58.5 Å². The average Bonchev–Trinajstić information content (AvgIpc) is 2.83. The number of carbonyl (C=O) groups excluding carboxylic acids is 1. The van der Waals surface area contributed by atoms with E-state index in [2.05, 4.69) is 0 Å². The highest BCUT2D eigenvalue weighted by Gasteiger charge is 2.51. The largest absolute Gasteiger partial charge is 0.494 e. The predicted molar refractivity (Wildman–Crippen MR) is 100 cm³/mol. The molecule has 0 saturated carbocycles. The van der Waals surface area contributed by atoms with Crippen molar-refractivity contribution in [2.75, 3.05) is 13.2 Å². The molecule has 0 bridgehead atoms. The van der Waals surface area contributed by atoms with Gasteiger partial charge in [-0.1, -0.05) is 24.3 Å². The third-order valence-corrected chi connectivity index (χ3v) is 5.70. The molecule has 0 radical (unpaired) electrons. The van der Waals surface area contributed by atoms with Gasteiger partial charge in [0.25, 0.3) is 0 Å². The Hall–Kier alpha value is -1.37. The van der Waals surface area contributed by atoms with Crippen molar-refractivity contribution in [1.29, 1.82) is 0 Å². The zero-order valence-corrected chi connectivity index (χ0v) is 16.4. The van der Waals surface area contributed by atoms with Crippen LogP contribution < -0.4 is 5.46 Å². The smallest absolute Gasteiger partial charge is 0.466 e. The first-order chi connectivity index (χ1) is 12.2. The monoisotopic (exact) mass is 360 g/mol. The van der Waals surface area contributed by atoms with E-state index in [9.17, 15) is 4.79 Å². The highest BCUT2D eigenvalue weighted by atomic mass is 16.7. The van der Waals surface area contributed by atoms with Crippen LogP contribution in [-0.4, -0.2) is 37.5 Å². The maximum Gasteiger partial charge on any atom is 0.494 e. The van der Waals surface area contributed by atoms with Gasteiger partial charge in [0, 0.05) is 6.61 Å². The first kappa shape index (κ1) is 19.4. The van der Waals surface area contributed by atoms with E-state index < -0.39 is 0 Å². The summed E-state index contributed by atoms with van der Waals surface area (Å²) in [7, 11) is -0.387. The fourth-order valence-electron chi connectivity index (χ4n) is 3.42. The average molecular weight is 360 g/mol. The van der Waals surface area contributed by atoms with Gasteiger partial charge in [-0.2, -0.15) is 0 Å². The molecule has 2 atom stereocenters. The van der Waals surface area contributed by atoms with Crippen molar-refractivity contribution in [2.45, 2.75) is 64.8 Å². The topological polar surface area (TPSA) is 54.0 Å². The summed E-state index contributed by atoms with van der Waals surface area (Å²) < 4.78 is 23.3. The molecule has 0 amide bonds. The molecule has 6 heteroatoms. The van der Waals surface area contributed by atoms with Crippen LogP contribution >= 0.6 is 0 Å². The predicted octanol–water partition coefficient (Wildman–Crippen LogP) is 3.02. The van der Waals surface area contributed by atoms with Crippen molar-refractivity contribution in [3.05, 3.63) is 29.8 Å². The zero-order chi connectivity index (χ0) is 18.9. The number of rotatable bonds is 4. The van der Waals surface area contributed by atoms with Gasteiger partial charge in [0.1, 0.15) is 0 Å². The lowest BCUT2D eigenvalue weighted by Crippen LogP contribution is -2.41. The lowest BCUT2D eigenvalue weighted by atomic mass is 9.78. The molecule has 0 spiro atoms. The van der Waals surface area contributed by atoms with Crippen LogP contribution in [0.5, 0.6) is 0 Å². The zero-order valence-electron chi connectivity index (χ0n) is 16.4. The van der Waals surface area contributed by atoms with Gasteiger partial charge in [0.2, 0.25) is 0 Å². The normalized spacial score (nSPS) is 27.3. The molecule has 5 nitrogen and oxygen atoms in total. The Morgan fingerprint density at radius 1 is 1.15 bits per heavy atom. The Balaban J connectivity index is 1.76. The molecular weight excluding hydrogens is 331 g/mol. The minimum absolute atomic E-state index is 0.174. The summed E-state index contributed by atoms with van der Waals surface area (Å²) in [5.74, 6) is -0.418. The molecule has 0 aliphatic carbocycles. The van der Waals surface area contributed by atoms with Gasteiger partial charge >= 0.3 is 13.1 Å². The maximum absolute atomic E-state index is 12.3. The Morgan fingerprint density at radius 3 is 2.35 bits per heavy atom. The van der Waals surface area contributed by atoms with E-state index in [0.717, 1.165) is 23.9 Å². The van der Waals surface area contributed by atoms with Crippen LogP contribution in [0.4, 0.5) is 0 Å². The van der Waals surface area contributed by atoms with E-state index in [4.69, 9.17) is 18.8 Å². The summed E-state index contributed by atoms with van der Waals surface area (Å²) in [6, 6.07) is 8.00. The van der Waals surface area contributed by atoms with E-state index in [-0.39, 0.29) is 36.3 Å². The molecule has 142 valence electrons. The molecule has 1 aromatic carbocycles. The van der Waals surface area contributed by atoms with Crippen molar-refractivity contribution in [3.8, 4) is 0 Å². The minimum atomic E-state index is -0.387. The third-order valence-electron chi connectivity index (χ3n) is 5.70. The van der Waals surface area contributed by atoms with Gasteiger partial charge < -0.3 is 18.8 Å². The summed E-state index contributed by atoms with van der Waals surface area (Å²) in [6.45, 7) is 11.1. The van der Waals surface area contributed by atoms with Gasteiger partial charge in [-0.3, -0.25) is 4.79 Å². The van der Waals surface area contributed by atoms with E-state index in [0.29, 0.717) is 13.2 Å². The number of hydrogen-bond donors (Lipinski definition) is 0. The fourth-order valence-corrected chi connectivity index (χ4v) is 3.42. The molecule has 2 fully saturated rings. The lowest BCUT2D eigenvalue weighted by Gasteiger charge is -2.32. The summed E-state index contributed by atoms with van der Waals surface area (Å²) in [4.78, 5) is 12.3. The molecule has 3 rings (SSSR count). The summed E-state index contributed by atoms with van der Waals surface area (Å²) in [5.41, 5.74) is 1.23. The van der Waals surface area contributed by atoms with Crippen LogP contribution in [0, 0.1) is 5.92 Å². The number of carbonyl (C=O) groups is 1. The molecule has 2 saturated heterocycles. The lowest BCUT2D eigenvalue weighted by molar-refractivity contribution is -0.158. The van der Waals surface area contributed by atoms with Crippen LogP contribution in [0.25, 0.3) is 0 Å². The Morgan fingerprint density at radius 2 is 1.77 bits per heavy atom. The van der Waals surface area contributed by atoms with Crippen LogP contribution in [-0.2, 0) is 23.6 Å². The van der Waals surface area contributed by atoms with Crippen molar-refractivity contribution < 1.29 is 23.6 Å². The standard InChI is InChI=1S/C20H29BO5/c1-6-23-18(22)16-8-7-13-24-17(16)14-9-11-15(12-10-14)21-25-19(2,3)20(4,5)26-21/h9-12,16-17H,6-8,13H2,1-5H3/t16-,17+/m0/s1. The number of hydrogen-bond acceptors (Lipinski definition) is 5. The number of esters is 1. The van der Waals surface area contributed by atoms with E-state index in [1.807, 2.05) is 58.9 Å². The number of benzene rings is 1. The molecule has 26 heavy (non-hydrogen) atoms. The Bertz CT molecular complexity index is 624. The van der Waals surface area contributed by atoms with Crippen molar-refractivity contribution >= 4 is 18.6 Å². The highest BCUT2D eigenvalue weighted by Crippen LogP contribution is 2.37. The van der Waals surface area contributed by atoms with Gasteiger partial charge in [0.05, 0.1) is 29.8 Å². The third kappa shape index (κ3) is 3.68. The fraction of sp³-hybridized carbons (Fsp3) is 0.650. The molecule has 0 N–H and O–H groups in total. The molecule has 1 aromatic rings. The van der Waals surface area contributed by atoms with Crippen LogP contribution in [0.1, 0.15) is 59.1 Å². The van der Waals surface area contributed by atoms with E-state index in [1.54, 1.807) is 0 Å². The minimum Gasteiger partial charge on any atom is -0.466 e. The van der Waals surface area contributed by atoms with Crippen LogP contribution in [0.15, 0.2) is 24.3 Å². The molecule has 0 unspecified atom stereocenters. The molecule has 2 aliphatic heterocycles. The van der Waals surface area contributed by atoms with Crippen LogP contribution in [0.3, 0.4) is 0 Å². The van der Waals surface area contributed by atoms with Crippen molar-refractivity contribution in [2.24, 2.45) is 5.92 Å². The SMILES string of the molecule is CCOC(=O)[C@H]1CCCO[C@@H]1c1ccc(B2OC(C)(C)C(C)(C)O2)cc1. The quantitative estimate of drug-likeness (QED) is 0.610. The maximum atomic E-state index is 12.3. The van der Waals surface area contributed by atoms with Gasteiger partial charge in [0.15, 0.2) is 0 Å². The Labute approximate surface area is 156 Å². The van der Waals surface area contributed by atoms with Crippen molar-refractivity contribution in [3.63, 3.8) is 0 Å². The van der Waals surface area contributed by atoms with Gasteiger partial charge in [-0.15, -0.1) is 0 Å². The van der Waals surface area contributed by atoms with E-state index in [1.165, 1.54) is 0 Å². The summed E-state index contributed by atoms with van der Waals surface area (Å²) in [6.07, 6.45) is 1.42. The van der Waals surface area contributed by atoms with Crippen LogP contribution in [0.2, 0.25) is 0 Å². The first-order valence-corrected chi connectivity index (χ1v) is 9.49. The molecule has 2 heterocycles. The summed E-state index contributed by atoms with van der Waals surface area (Å²) >= 11 is 0. The Kier molecular flexibility index (Phi) is 5.47.